The Morgan fingerprint density at radius 3 is 2.15 bits per heavy atom. The summed E-state index contributed by atoms with van der Waals surface area (Å²) in [4.78, 5) is 0. The lowest BCUT2D eigenvalue weighted by molar-refractivity contribution is -0.275. The molecule has 2 aliphatic rings. The van der Waals surface area contributed by atoms with Gasteiger partial charge in [0.25, 0.3) is 0 Å². The second-order valence-corrected chi connectivity index (χ2v) is 9.55. The van der Waals surface area contributed by atoms with E-state index in [1.165, 1.54) is 44.2 Å². The largest absolute Gasteiger partial charge is 0.573 e. The number of halogens is 6. The van der Waals surface area contributed by atoms with Gasteiger partial charge in [-0.25, -0.2) is 13.2 Å². The topological polar surface area (TPSA) is 9.23 Å². The fourth-order valence-corrected chi connectivity index (χ4v) is 5.93. The summed E-state index contributed by atoms with van der Waals surface area (Å²) in [6, 6.07) is 4.99. The molecule has 0 aliphatic heterocycles. The Kier molecular flexibility index (Phi) is 6.96. The van der Waals surface area contributed by atoms with Crippen LogP contribution in [0.2, 0.25) is 0 Å². The number of hydrogen-bond acceptors (Lipinski definition) is 1. The fourth-order valence-electron chi connectivity index (χ4n) is 5.93. The molecule has 180 valence electrons. The van der Waals surface area contributed by atoms with E-state index in [4.69, 9.17) is 0 Å². The molecular weight excluding hydrogens is 442 g/mol. The Bertz CT molecular complexity index is 962. The molecule has 4 unspecified atom stereocenters. The van der Waals surface area contributed by atoms with E-state index in [2.05, 4.69) is 11.7 Å². The first-order valence-corrected chi connectivity index (χ1v) is 11.7. The quantitative estimate of drug-likeness (QED) is 0.397. The van der Waals surface area contributed by atoms with Crippen molar-refractivity contribution in [3.05, 3.63) is 53.3 Å². The van der Waals surface area contributed by atoms with Gasteiger partial charge in [0, 0.05) is 0 Å². The van der Waals surface area contributed by atoms with Crippen LogP contribution >= 0.6 is 0 Å². The molecule has 2 aromatic rings. The highest BCUT2D eigenvalue weighted by atomic mass is 19.4. The van der Waals surface area contributed by atoms with E-state index in [0.717, 1.165) is 37.3 Å². The van der Waals surface area contributed by atoms with Crippen LogP contribution in [0.3, 0.4) is 0 Å². The molecule has 2 aliphatic carbocycles. The molecule has 0 heterocycles. The van der Waals surface area contributed by atoms with Gasteiger partial charge in [-0.05, 0) is 91.2 Å². The smallest absolute Gasteiger partial charge is 0.403 e. The van der Waals surface area contributed by atoms with Crippen molar-refractivity contribution in [3.8, 4) is 16.9 Å². The molecule has 0 N–H and O–H groups in total. The van der Waals surface area contributed by atoms with Gasteiger partial charge in [-0.2, -0.15) is 0 Å². The summed E-state index contributed by atoms with van der Waals surface area (Å²) in [6.07, 6.45) is 3.93. The maximum absolute atomic E-state index is 15.0. The Morgan fingerprint density at radius 2 is 1.52 bits per heavy atom. The van der Waals surface area contributed by atoms with E-state index in [9.17, 15) is 26.3 Å². The van der Waals surface area contributed by atoms with Crippen molar-refractivity contribution in [3.63, 3.8) is 0 Å². The van der Waals surface area contributed by atoms with Gasteiger partial charge in [-0.15, -0.1) is 13.2 Å². The van der Waals surface area contributed by atoms with Crippen LogP contribution in [0.1, 0.15) is 69.8 Å². The Balaban J connectivity index is 1.51. The summed E-state index contributed by atoms with van der Waals surface area (Å²) in [5.74, 6) is -1.93. The summed E-state index contributed by atoms with van der Waals surface area (Å²) in [7, 11) is 0. The summed E-state index contributed by atoms with van der Waals surface area (Å²) in [5.41, 5.74) is -0.0353. The van der Waals surface area contributed by atoms with E-state index in [-0.39, 0.29) is 11.5 Å². The molecule has 0 spiro atoms. The highest BCUT2D eigenvalue weighted by Crippen LogP contribution is 2.48. The van der Waals surface area contributed by atoms with Crippen LogP contribution in [0.4, 0.5) is 26.3 Å². The van der Waals surface area contributed by atoms with Crippen molar-refractivity contribution in [2.75, 3.05) is 0 Å². The van der Waals surface area contributed by atoms with Gasteiger partial charge in [0.1, 0.15) is 11.6 Å². The lowest BCUT2D eigenvalue weighted by Gasteiger charge is -2.42. The van der Waals surface area contributed by atoms with E-state index in [0.29, 0.717) is 23.5 Å². The van der Waals surface area contributed by atoms with Crippen molar-refractivity contribution in [1.82, 2.24) is 0 Å². The van der Waals surface area contributed by atoms with Gasteiger partial charge in [0.15, 0.2) is 11.6 Å². The molecule has 0 radical (unpaired) electrons. The van der Waals surface area contributed by atoms with Gasteiger partial charge in [-0.3, -0.25) is 0 Å². The number of fused-ring (bicyclic) bond motifs is 1. The van der Waals surface area contributed by atoms with Crippen LogP contribution in [0.5, 0.6) is 5.75 Å². The van der Waals surface area contributed by atoms with Gasteiger partial charge in [0.2, 0.25) is 0 Å². The number of hydrogen-bond donors (Lipinski definition) is 0. The standard InChI is InChI=1S/C26H28F6O/c1-2-3-15-4-5-17-11-18(7-6-16(17)10-15)20-13-22(28)25(23(29)14-20)19-8-9-24(21(27)12-19)33-26(30,31)32/h8-9,12-18H,2-7,10-11H2,1H3. The van der Waals surface area contributed by atoms with E-state index >= 15 is 0 Å². The van der Waals surface area contributed by atoms with Crippen molar-refractivity contribution >= 4 is 0 Å². The molecule has 2 fully saturated rings. The zero-order valence-corrected chi connectivity index (χ0v) is 18.5. The van der Waals surface area contributed by atoms with E-state index in [1.807, 2.05) is 0 Å². The van der Waals surface area contributed by atoms with E-state index < -0.39 is 35.1 Å². The third kappa shape index (κ3) is 5.49. The third-order valence-electron chi connectivity index (χ3n) is 7.40. The predicted molar refractivity (Wildman–Crippen MR) is 114 cm³/mol. The predicted octanol–water partition coefficient (Wildman–Crippen LogP) is 8.77. The van der Waals surface area contributed by atoms with Crippen molar-refractivity contribution in [1.29, 1.82) is 0 Å². The Hall–Kier alpha value is -2.18. The van der Waals surface area contributed by atoms with Crippen molar-refractivity contribution in [2.24, 2.45) is 17.8 Å². The van der Waals surface area contributed by atoms with Crippen molar-refractivity contribution < 1.29 is 31.1 Å². The van der Waals surface area contributed by atoms with Crippen LogP contribution in [0.25, 0.3) is 11.1 Å². The zero-order chi connectivity index (χ0) is 23.8. The normalized spacial score (nSPS) is 25.5. The van der Waals surface area contributed by atoms with Gasteiger partial charge >= 0.3 is 6.36 Å². The monoisotopic (exact) mass is 470 g/mol. The molecule has 0 bridgehead atoms. The second-order valence-electron chi connectivity index (χ2n) is 9.55. The minimum Gasteiger partial charge on any atom is -0.403 e. The van der Waals surface area contributed by atoms with Crippen LogP contribution in [-0.4, -0.2) is 6.36 Å². The number of benzene rings is 2. The molecule has 7 heteroatoms. The van der Waals surface area contributed by atoms with Crippen LogP contribution < -0.4 is 4.74 Å². The summed E-state index contributed by atoms with van der Waals surface area (Å²) in [6.45, 7) is 2.22. The van der Waals surface area contributed by atoms with Gasteiger partial charge < -0.3 is 4.74 Å². The fraction of sp³-hybridized carbons (Fsp3) is 0.538. The summed E-state index contributed by atoms with van der Waals surface area (Å²) < 4.78 is 84.6. The van der Waals surface area contributed by atoms with Gasteiger partial charge in [-0.1, -0.05) is 32.3 Å². The van der Waals surface area contributed by atoms with Crippen LogP contribution in [0, 0.1) is 35.2 Å². The first-order valence-electron chi connectivity index (χ1n) is 11.7. The molecule has 2 aromatic carbocycles. The van der Waals surface area contributed by atoms with E-state index in [1.54, 1.807) is 0 Å². The minimum absolute atomic E-state index is 0.0753. The van der Waals surface area contributed by atoms with Crippen LogP contribution in [-0.2, 0) is 0 Å². The highest BCUT2D eigenvalue weighted by Gasteiger charge is 2.36. The third-order valence-corrected chi connectivity index (χ3v) is 7.40. The van der Waals surface area contributed by atoms with Gasteiger partial charge in [0.05, 0.1) is 5.56 Å². The minimum atomic E-state index is -5.06. The SMILES string of the molecule is CCCC1CCC2CC(c3cc(F)c(-c4ccc(OC(F)(F)F)c(F)c4)c(F)c3)CCC2C1. The molecule has 0 aromatic heterocycles. The lowest BCUT2D eigenvalue weighted by Crippen LogP contribution is -2.30. The summed E-state index contributed by atoms with van der Waals surface area (Å²) in [5, 5.41) is 0. The van der Waals surface area contributed by atoms with Crippen LogP contribution in [0.15, 0.2) is 30.3 Å². The Morgan fingerprint density at radius 1 is 0.848 bits per heavy atom. The first kappa shape index (κ1) is 24.0. The molecular formula is C26H28F6O. The molecule has 2 saturated carbocycles. The number of alkyl halides is 3. The maximum atomic E-state index is 15.0. The van der Waals surface area contributed by atoms with Crippen molar-refractivity contribution in [2.45, 2.75) is 70.6 Å². The second kappa shape index (κ2) is 9.59. The Labute approximate surface area is 190 Å². The number of rotatable bonds is 5. The molecule has 0 amide bonds. The molecule has 0 saturated heterocycles. The average molecular weight is 470 g/mol. The maximum Gasteiger partial charge on any atom is 0.573 e. The molecule has 4 rings (SSSR count). The molecule has 4 atom stereocenters. The lowest BCUT2D eigenvalue weighted by atomic mass is 9.63. The first-order chi connectivity index (χ1) is 15.6. The zero-order valence-electron chi connectivity index (χ0n) is 18.5. The highest BCUT2D eigenvalue weighted by molar-refractivity contribution is 5.66. The molecule has 1 nitrogen and oxygen atoms in total. The number of ether oxygens (including phenoxy) is 1. The average Bonchev–Trinajstić information content (AvgIpc) is 2.74. The molecule has 33 heavy (non-hydrogen) atoms. The summed E-state index contributed by atoms with van der Waals surface area (Å²) >= 11 is 0.